The number of nitrogens with zero attached hydrogens (tertiary/aromatic N) is 5. The fourth-order valence-corrected chi connectivity index (χ4v) is 7.64. The molecule has 2 fully saturated rings. The highest BCUT2D eigenvalue weighted by molar-refractivity contribution is 9.10. The number of anilines is 3. The second-order valence-corrected chi connectivity index (χ2v) is 13.6. The van der Waals surface area contributed by atoms with E-state index in [1.54, 1.807) is 27.1 Å². The first kappa shape index (κ1) is 32.9. The van der Waals surface area contributed by atoms with Crippen LogP contribution in [0.15, 0.2) is 52.6 Å². The maximum Gasteiger partial charge on any atom is 0.418 e. The molecule has 4 N–H and O–H groups in total. The predicted molar refractivity (Wildman–Crippen MR) is 176 cm³/mol. The number of likely N-dealkylation sites (tertiary alicyclic amines) is 1. The van der Waals surface area contributed by atoms with Crippen molar-refractivity contribution in [1.29, 1.82) is 0 Å². The molecule has 250 valence electrons. The summed E-state index contributed by atoms with van der Waals surface area (Å²) in [5.74, 6) is -0.374. The van der Waals surface area contributed by atoms with Gasteiger partial charge in [0.15, 0.2) is 0 Å². The van der Waals surface area contributed by atoms with Gasteiger partial charge in [0.2, 0.25) is 5.91 Å². The van der Waals surface area contributed by atoms with Gasteiger partial charge in [-0.15, -0.1) is 11.3 Å². The smallest absolute Gasteiger partial charge is 0.397 e. The van der Waals surface area contributed by atoms with Crippen LogP contribution < -0.4 is 21.3 Å². The third kappa shape index (κ3) is 7.27. The molecule has 1 aromatic carbocycles. The summed E-state index contributed by atoms with van der Waals surface area (Å²) in [6.07, 6.45) is -0.366. The number of hydrogen-bond donors (Lipinski definition) is 3. The monoisotopic (exact) mass is 734 g/mol. The molecule has 0 spiro atoms. The lowest BCUT2D eigenvalue weighted by Crippen LogP contribution is -2.58. The van der Waals surface area contributed by atoms with E-state index in [4.69, 9.17) is 5.73 Å². The number of piperazine rings is 1. The molecular weight excluding hydrogens is 701 g/mol. The molecule has 47 heavy (non-hydrogen) atoms. The zero-order valence-corrected chi connectivity index (χ0v) is 27.7. The molecule has 2 aromatic heterocycles. The summed E-state index contributed by atoms with van der Waals surface area (Å²) in [7, 11) is 0. The van der Waals surface area contributed by atoms with Gasteiger partial charge in [0, 0.05) is 79.8 Å². The van der Waals surface area contributed by atoms with Gasteiger partial charge in [0.1, 0.15) is 11.0 Å². The van der Waals surface area contributed by atoms with Crippen molar-refractivity contribution in [3.8, 4) is 0 Å². The van der Waals surface area contributed by atoms with Gasteiger partial charge in [-0.05, 0) is 70.0 Å². The van der Waals surface area contributed by atoms with E-state index in [0.717, 1.165) is 22.3 Å². The number of halogens is 4. The molecule has 16 heteroatoms. The van der Waals surface area contributed by atoms with Crippen molar-refractivity contribution in [3.63, 3.8) is 0 Å². The molecule has 0 radical (unpaired) electrons. The van der Waals surface area contributed by atoms with Gasteiger partial charge in [0.25, 0.3) is 0 Å². The number of amides is 5. The van der Waals surface area contributed by atoms with Gasteiger partial charge >= 0.3 is 18.2 Å². The van der Waals surface area contributed by atoms with Crippen molar-refractivity contribution in [1.82, 2.24) is 25.0 Å². The van der Waals surface area contributed by atoms with Crippen LogP contribution >= 0.6 is 27.3 Å². The Kier molecular flexibility index (Phi) is 9.50. The molecule has 3 aliphatic rings. The van der Waals surface area contributed by atoms with Crippen LogP contribution in [-0.2, 0) is 23.9 Å². The number of nitrogens with one attached hydrogen (secondary N) is 2. The minimum absolute atomic E-state index is 0.0595. The SMILES string of the molecule is Nc1c(Br)cc(C[C@@H](NC(=O)N2CCC(N3Cc4ccsc4NC3=O)CC2)C(=O)N2CCN(c3ccncc3)CC2)cc1C(F)(F)F. The van der Waals surface area contributed by atoms with E-state index in [-0.39, 0.29) is 34.4 Å². The first-order valence-electron chi connectivity index (χ1n) is 15.3. The summed E-state index contributed by atoms with van der Waals surface area (Å²) in [5, 5.41) is 8.56. The average Bonchev–Trinajstić information content (AvgIpc) is 3.52. The quantitative estimate of drug-likeness (QED) is 0.307. The number of urea groups is 2. The van der Waals surface area contributed by atoms with E-state index in [1.807, 2.05) is 23.6 Å². The van der Waals surface area contributed by atoms with Gasteiger partial charge < -0.3 is 30.7 Å². The van der Waals surface area contributed by atoms with Gasteiger partial charge in [-0.3, -0.25) is 15.1 Å². The highest BCUT2D eigenvalue weighted by atomic mass is 79.9. The molecule has 3 aliphatic heterocycles. The van der Waals surface area contributed by atoms with Crippen LogP contribution in [0.5, 0.6) is 0 Å². The Balaban J connectivity index is 1.15. The van der Waals surface area contributed by atoms with Gasteiger partial charge in [-0.25, -0.2) is 9.59 Å². The van der Waals surface area contributed by atoms with Gasteiger partial charge in [-0.2, -0.15) is 13.2 Å². The Morgan fingerprint density at radius 2 is 1.77 bits per heavy atom. The number of rotatable bonds is 6. The summed E-state index contributed by atoms with van der Waals surface area (Å²) in [5.41, 5.74) is 6.50. The second kappa shape index (κ2) is 13.6. The van der Waals surface area contributed by atoms with Crippen molar-refractivity contribution in [2.45, 2.75) is 44.1 Å². The van der Waals surface area contributed by atoms with E-state index in [1.165, 1.54) is 17.4 Å². The number of hydrogen-bond acceptors (Lipinski definition) is 7. The van der Waals surface area contributed by atoms with Crippen LogP contribution in [0.1, 0.15) is 29.5 Å². The number of piperidine rings is 1. The molecular formula is C31H34BrF3N8O3S. The summed E-state index contributed by atoms with van der Waals surface area (Å²) >= 11 is 4.61. The van der Waals surface area contributed by atoms with Crippen LogP contribution in [0.3, 0.4) is 0 Å². The Hall–Kier alpha value is -4.05. The Labute approximate surface area is 282 Å². The standard InChI is InChI=1S/C31H34BrF3N8O3S/c32-24-16-19(15-23(26(24)36)31(33,34)35)17-25(28(44)41-12-10-40(11-13-41)21-1-6-37-7-2-21)38-29(45)42-8-3-22(4-9-42)43-18-20-5-14-47-27(20)39-30(43)46/h1-2,5-7,14-16,22,25H,3-4,8-13,17-18,36H2,(H,38,45)(H,39,46)/t25-/m1/s1. The number of carbonyl (C=O) groups excluding carboxylic acids is 3. The first-order chi connectivity index (χ1) is 22.5. The lowest BCUT2D eigenvalue weighted by molar-refractivity contribution is -0.137. The van der Waals surface area contributed by atoms with Crippen molar-refractivity contribution in [3.05, 3.63) is 69.3 Å². The molecule has 5 amide bonds. The van der Waals surface area contributed by atoms with Crippen molar-refractivity contribution >= 4 is 61.6 Å². The summed E-state index contributed by atoms with van der Waals surface area (Å²) in [6, 6.07) is 6.33. The number of benzene rings is 1. The fraction of sp³-hybridized carbons (Fsp3) is 0.419. The molecule has 0 aliphatic carbocycles. The summed E-state index contributed by atoms with van der Waals surface area (Å²) < 4.78 is 41.4. The first-order valence-corrected chi connectivity index (χ1v) is 16.9. The molecule has 3 aromatic rings. The second-order valence-electron chi connectivity index (χ2n) is 11.8. The van der Waals surface area contributed by atoms with Crippen LogP contribution in [0.25, 0.3) is 0 Å². The maximum atomic E-state index is 13.9. The highest BCUT2D eigenvalue weighted by Gasteiger charge is 2.37. The van der Waals surface area contributed by atoms with E-state index in [2.05, 4.69) is 36.4 Å². The number of thiophene rings is 1. The topological polar surface area (TPSA) is 127 Å². The lowest BCUT2D eigenvalue weighted by atomic mass is 10.00. The number of aromatic nitrogens is 1. The van der Waals surface area contributed by atoms with Gasteiger partial charge in [-0.1, -0.05) is 0 Å². The minimum atomic E-state index is -4.70. The Morgan fingerprint density at radius 1 is 1.06 bits per heavy atom. The van der Waals surface area contributed by atoms with E-state index in [9.17, 15) is 27.6 Å². The molecule has 0 unspecified atom stereocenters. The third-order valence-corrected chi connectivity index (χ3v) is 10.4. The zero-order valence-electron chi connectivity index (χ0n) is 25.3. The maximum absolute atomic E-state index is 13.9. The van der Waals surface area contributed by atoms with E-state index in [0.29, 0.717) is 58.7 Å². The van der Waals surface area contributed by atoms with Crippen molar-refractivity contribution in [2.75, 3.05) is 55.2 Å². The minimum Gasteiger partial charge on any atom is -0.397 e. The normalized spacial score (nSPS) is 18.1. The van der Waals surface area contributed by atoms with Crippen LogP contribution in [-0.4, -0.2) is 89.0 Å². The Morgan fingerprint density at radius 3 is 2.45 bits per heavy atom. The lowest BCUT2D eigenvalue weighted by Gasteiger charge is -2.40. The van der Waals surface area contributed by atoms with Crippen LogP contribution in [0.4, 0.5) is 39.1 Å². The Bertz CT molecular complexity index is 1630. The zero-order chi connectivity index (χ0) is 33.3. The molecule has 0 bridgehead atoms. The van der Waals surface area contributed by atoms with E-state index < -0.39 is 29.5 Å². The number of fused-ring (bicyclic) bond motifs is 1. The molecule has 1 atom stereocenters. The average molecular weight is 736 g/mol. The number of carbonyl (C=O) groups is 3. The predicted octanol–water partition coefficient (Wildman–Crippen LogP) is 4.99. The van der Waals surface area contributed by atoms with Gasteiger partial charge in [0.05, 0.1) is 17.8 Å². The number of pyridine rings is 1. The number of alkyl halides is 3. The molecule has 0 saturated carbocycles. The molecule has 11 nitrogen and oxygen atoms in total. The fourth-order valence-electron chi connectivity index (χ4n) is 6.33. The largest absolute Gasteiger partial charge is 0.418 e. The van der Waals surface area contributed by atoms with Crippen molar-refractivity contribution in [2.24, 2.45) is 0 Å². The molecule has 6 rings (SSSR count). The van der Waals surface area contributed by atoms with Crippen LogP contribution in [0.2, 0.25) is 0 Å². The molecule has 5 heterocycles. The number of nitrogen functional groups attached to an aromatic ring is 1. The van der Waals surface area contributed by atoms with Crippen molar-refractivity contribution < 1.29 is 27.6 Å². The van der Waals surface area contributed by atoms with E-state index >= 15 is 0 Å². The summed E-state index contributed by atoms with van der Waals surface area (Å²) in [6.45, 7) is 3.06. The highest BCUT2D eigenvalue weighted by Crippen LogP contribution is 2.38. The third-order valence-electron chi connectivity index (χ3n) is 8.91. The molecule has 2 saturated heterocycles. The number of nitrogens with two attached hydrogens (primary N) is 1. The van der Waals surface area contributed by atoms with Crippen LogP contribution in [0, 0.1) is 0 Å². The summed E-state index contributed by atoms with van der Waals surface area (Å²) in [4.78, 5) is 51.4.